The van der Waals surface area contributed by atoms with Crippen LogP contribution >= 0.6 is 27.7 Å². The molecule has 0 saturated carbocycles. The lowest BCUT2D eigenvalue weighted by Crippen LogP contribution is -2.14. The van der Waals surface area contributed by atoms with E-state index in [0.29, 0.717) is 12.2 Å². The molecule has 1 N–H and O–H groups in total. The molecule has 0 spiro atoms. The molecule has 3 nitrogen and oxygen atoms in total. The maximum atomic E-state index is 11.5. The van der Waals surface area contributed by atoms with Crippen molar-refractivity contribution in [2.45, 2.75) is 12.8 Å². The lowest BCUT2D eigenvalue weighted by atomic mass is 10.3. The second-order valence-corrected chi connectivity index (χ2v) is 5.39. The fourth-order valence-corrected chi connectivity index (χ4v) is 2.16. The summed E-state index contributed by atoms with van der Waals surface area (Å²) in [4.78, 5) is 11.5. The minimum Gasteiger partial charge on any atom is -0.325 e. The van der Waals surface area contributed by atoms with Gasteiger partial charge >= 0.3 is 0 Å². The zero-order chi connectivity index (χ0) is 12.5. The maximum Gasteiger partial charge on any atom is 0.234 e. The highest BCUT2D eigenvalue weighted by atomic mass is 79.9. The third-order valence-corrected chi connectivity index (χ3v) is 3.51. The normalized spacial score (nSPS) is 9.65. The first-order valence-electron chi connectivity index (χ1n) is 5.22. The molecule has 90 valence electrons. The van der Waals surface area contributed by atoms with Crippen LogP contribution in [0, 0.1) is 11.3 Å². The first-order chi connectivity index (χ1) is 8.22. The highest BCUT2D eigenvalue weighted by Gasteiger charge is 2.02. The number of anilines is 1. The summed E-state index contributed by atoms with van der Waals surface area (Å²) >= 11 is 4.89. The third kappa shape index (κ3) is 6.35. The van der Waals surface area contributed by atoms with E-state index in [2.05, 4.69) is 27.3 Å². The van der Waals surface area contributed by atoms with Crippen molar-refractivity contribution in [2.75, 3.05) is 16.8 Å². The Bertz CT molecular complexity index is 400. The van der Waals surface area contributed by atoms with Gasteiger partial charge in [0.05, 0.1) is 11.8 Å². The molecule has 0 aromatic heterocycles. The van der Waals surface area contributed by atoms with Crippen LogP contribution in [-0.4, -0.2) is 17.4 Å². The van der Waals surface area contributed by atoms with Gasteiger partial charge in [0, 0.05) is 16.6 Å². The molecule has 0 aliphatic carbocycles. The number of hydrogen-bond donors (Lipinski definition) is 1. The molecule has 0 heterocycles. The number of benzene rings is 1. The van der Waals surface area contributed by atoms with Gasteiger partial charge in [-0.25, -0.2) is 0 Å². The van der Waals surface area contributed by atoms with Gasteiger partial charge in [-0.05, 0) is 36.4 Å². The van der Waals surface area contributed by atoms with Crippen molar-refractivity contribution in [3.63, 3.8) is 0 Å². The zero-order valence-corrected chi connectivity index (χ0v) is 11.7. The summed E-state index contributed by atoms with van der Waals surface area (Å²) in [6.45, 7) is 0. The second kappa shape index (κ2) is 8.15. The molecular formula is C12H13BrN2OS. The van der Waals surface area contributed by atoms with E-state index in [0.717, 1.165) is 22.3 Å². The summed E-state index contributed by atoms with van der Waals surface area (Å²) in [7, 11) is 0. The van der Waals surface area contributed by atoms with Crippen LogP contribution in [0.15, 0.2) is 28.7 Å². The number of halogens is 1. The second-order valence-electron chi connectivity index (χ2n) is 3.37. The standard InChI is InChI=1S/C12H13BrN2OS/c13-10-3-5-11(6-4-10)15-12(16)9-17-8-2-1-7-14/h3-6H,1-2,8-9H2,(H,15,16). The Morgan fingerprint density at radius 3 is 2.76 bits per heavy atom. The van der Waals surface area contributed by atoms with Gasteiger partial charge < -0.3 is 5.32 Å². The molecule has 0 unspecified atom stereocenters. The highest BCUT2D eigenvalue weighted by Crippen LogP contribution is 2.14. The summed E-state index contributed by atoms with van der Waals surface area (Å²) in [6.07, 6.45) is 1.40. The molecule has 0 radical (unpaired) electrons. The minimum atomic E-state index is -0.00530. The van der Waals surface area contributed by atoms with Crippen molar-refractivity contribution in [1.82, 2.24) is 0 Å². The SMILES string of the molecule is N#CCCCSCC(=O)Nc1ccc(Br)cc1. The van der Waals surface area contributed by atoms with E-state index in [-0.39, 0.29) is 5.91 Å². The van der Waals surface area contributed by atoms with Gasteiger partial charge in [0.1, 0.15) is 0 Å². The Kier molecular flexibility index (Phi) is 6.75. The van der Waals surface area contributed by atoms with E-state index in [1.54, 1.807) is 11.8 Å². The van der Waals surface area contributed by atoms with Crippen LogP contribution in [0.1, 0.15) is 12.8 Å². The Labute approximate surface area is 114 Å². The van der Waals surface area contributed by atoms with Crippen LogP contribution in [0.4, 0.5) is 5.69 Å². The van der Waals surface area contributed by atoms with Crippen LogP contribution in [0.2, 0.25) is 0 Å². The third-order valence-electron chi connectivity index (χ3n) is 1.94. The number of nitriles is 1. The summed E-state index contributed by atoms with van der Waals surface area (Å²) in [6, 6.07) is 9.55. The van der Waals surface area contributed by atoms with E-state index < -0.39 is 0 Å². The summed E-state index contributed by atoms with van der Waals surface area (Å²) in [5.41, 5.74) is 0.802. The Balaban J connectivity index is 2.21. The predicted molar refractivity (Wildman–Crippen MR) is 74.9 cm³/mol. The van der Waals surface area contributed by atoms with Crippen molar-refractivity contribution in [3.8, 4) is 6.07 Å². The van der Waals surface area contributed by atoms with Crippen molar-refractivity contribution in [3.05, 3.63) is 28.7 Å². The average molecular weight is 313 g/mol. The largest absolute Gasteiger partial charge is 0.325 e. The monoisotopic (exact) mass is 312 g/mol. The number of unbranched alkanes of at least 4 members (excludes halogenated alkanes) is 1. The average Bonchev–Trinajstić information content (AvgIpc) is 2.32. The summed E-state index contributed by atoms with van der Waals surface area (Å²) in [5, 5.41) is 11.2. The van der Waals surface area contributed by atoms with Crippen molar-refractivity contribution >= 4 is 39.3 Å². The van der Waals surface area contributed by atoms with Crippen LogP contribution in [0.25, 0.3) is 0 Å². The fraction of sp³-hybridized carbons (Fsp3) is 0.333. The van der Waals surface area contributed by atoms with E-state index in [1.807, 2.05) is 24.3 Å². The smallest absolute Gasteiger partial charge is 0.234 e. The molecule has 0 aliphatic rings. The fourth-order valence-electron chi connectivity index (χ4n) is 1.15. The minimum absolute atomic E-state index is 0.00530. The molecule has 1 rings (SSSR count). The molecule has 0 fully saturated rings. The Morgan fingerprint density at radius 1 is 1.41 bits per heavy atom. The summed E-state index contributed by atoms with van der Waals surface area (Å²) in [5.74, 6) is 1.28. The number of nitrogens with one attached hydrogen (secondary N) is 1. The molecule has 0 bridgehead atoms. The number of rotatable bonds is 6. The van der Waals surface area contributed by atoms with Gasteiger partial charge in [-0.1, -0.05) is 15.9 Å². The lowest BCUT2D eigenvalue weighted by Gasteiger charge is -2.04. The highest BCUT2D eigenvalue weighted by molar-refractivity contribution is 9.10. The Morgan fingerprint density at radius 2 is 2.12 bits per heavy atom. The van der Waals surface area contributed by atoms with Crippen molar-refractivity contribution < 1.29 is 4.79 Å². The number of thioether (sulfide) groups is 1. The number of hydrogen-bond acceptors (Lipinski definition) is 3. The number of amides is 1. The van der Waals surface area contributed by atoms with Crippen LogP contribution in [0.5, 0.6) is 0 Å². The van der Waals surface area contributed by atoms with E-state index in [9.17, 15) is 4.79 Å². The van der Waals surface area contributed by atoms with E-state index in [1.165, 1.54) is 0 Å². The zero-order valence-electron chi connectivity index (χ0n) is 9.28. The van der Waals surface area contributed by atoms with Crippen LogP contribution in [-0.2, 0) is 4.79 Å². The van der Waals surface area contributed by atoms with Gasteiger partial charge in [0.2, 0.25) is 5.91 Å². The van der Waals surface area contributed by atoms with Gasteiger partial charge in [-0.15, -0.1) is 0 Å². The van der Waals surface area contributed by atoms with Crippen molar-refractivity contribution in [1.29, 1.82) is 5.26 Å². The molecule has 1 aromatic rings. The summed E-state index contributed by atoms with van der Waals surface area (Å²) < 4.78 is 0.987. The van der Waals surface area contributed by atoms with Gasteiger partial charge in [0.25, 0.3) is 0 Å². The van der Waals surface area contributed by atoms with Crippen LogP contribution < -0.4 is 5.32 Å². The van der Waals surface area contributed by atoms with Gasteiger partial charge in [-0.2, -0.15) is 17.0 Å². The predicted octanol–water partition coefficient (Wildman–Crippen LogP) is 3.42. The number of carbonyl (C=O) groups is 1. The maximum absolute atomic E-state index is 11.5. The lowest BCUT2D eigenvalue weighted by molar-refractivity contribution is -0.113. The topological polar surface area (TPSA) is 52.9 Å². The first-order valence-corrected chi connectivity index (χ1v) is 7.17. The number of nitrogens with zero attached hydrogens (tertiary/aromatic N) is 1. The van der Waals surface area contributed by atoms with Gasteiger partial charge in [-0.3, -0.25) is 4.79 Å². The molecular weight excluding hydrogens is 300 g/mol. The molecule has 5 heteroatoms. The molecule has 1 aromatic carbocycles. The van der Waals surface area contributed by atoms with Gasteiger partial charge in [0.15, 0.2) is 0 Å². The molecule has 17 heavy (non-hydrogen) atoms. The van der Waals surface area contributed by atoms with Crippen LogP contribution in [0.3, 0.4) is 0 Å². The molecule has 1 amide bonds. The quantitative estimate of drug-likeness (QED) is 0.819. The molecule has 0 aliphatic heterocycles. The van der Waals surface area contributed by atoms with E-state index >= 15 is 0 Å². The number of carbonyl (C=O) groups excluding carboxylic acids is 1. The Hall–Kier alpha value is -0.990. The molecule has 0 atom stereocenters. The first kappa shape index (κ1) is 14.1. The van der Waals surface area contributed by atoms with E-state index in [4.69, 9.17) is 5.26 Å². The molecule has 0 saturated heterocycles. The van der Waals surface area contributed by atoms with Crippen molar-refractivity contribution in [2.24, 2.45) is 0 Å².